The third kappa shape index (κ3) is 2.98. The van der Waals surface area contributed by atoms with E-state index in [9.17, 15) is 18.7 Å². The van der Waals surface area contributed by atoms with Crippen LogP contribution in [0.2, 0.25) is 0 Å². The van der Waals surface area contributed by atoms with Crippen molar-refractivity contribution in [3.05, 3.63) is 48.0 Å². The lowest BCUT2D eigenvalue weighted by Gasteiger charge is -2.32. The quantitative estimate of drug-likeness (QED) is 0.751. The molecule has 1 aromatic heterocycles. The van der Waals surface area contributed by atoms with Crippen LogP contribution in [0, 0.1) is 17.6 Å². The summed E-state index contributed by atoms with van der Waals surface area (Å²) in [5.74, 6) is -1.04. The van der Waals surface area contributed by atoms with Gasteiger partial charge in [-0.15, -0.1) is 0 Å². The molecule has 1 amide bonds. The summed E-state index contributed by atoms with van der Waals surface area (Å²) >= 11 is 0. The van der Waals surface area contributed by atoms with Gasteiger partial charge in [0.15, 0.2) is 0 Å². The molecule has 0 bridgehead atoms. The van der Waals surface area contributed by atoms with E-state index >= 15 is 0 Å². The zero-order valence-corrected chi connectivity index (χ0v) is 15.3. The van der Waals surface area contributed by atoms with Crippen LogP contribution in [0.5, 0.6) is 0 Å². The number of aromatic nitrogens is 1. The number of amides is 1. The first-order valence-corrected chi connectivity index (χ1v) is 9.23. The lowest BCUT2D eigenvalue weighted by atomic mass is 10.1. The van der Waals surface area contributed by atoms with Gasteiger partial charge in [0.25, 0.3) is 0 Å². The maximum atomic E-state index is 13.8. The first-order valence-electron chi connectivity index (χ1n) is 9.23. The molecule has 0 saturated carbocycles. The highest BCUT2D eigenvalue weighted by atomic mass is 19.1. The van der Waals surface area contributed by atoms with Gasteiger partial charge in [-0.1, -0.05) is 6.92 Å². The van der Waals surface area contributed by atoms with Crippen molar-refractivity contribution < 1.29 is 18.7 Å². The third-order valence-electron chi connectivity index (χ3n) is 5.59. The number of benzene rings is 2. The van der Waals surface area contributed by atoms with E-state index in [0.29, 0.717) is 23.7 Å². The maximum Gasteiger partial charge on any atom is 0.224 e. The highest BCUT2D eigenvalue weighted by Gasteiger charge is 2.35. The van der Waals surface area contributed by atoms with Crippen LogP contribution in [-0.2, 0) is 11.3 Å². The van der Waals surface area contributed by atoms with E-state index in [1.54, 1.807) is 17.0 Å². The Hall–Kier alpha value is -2.47. The van der Waals surface area contributed by atoms with Crippen LogP contribution in [0.3, 0.4) is 0 Å². The van der Waals surface area contributed by atoms with Crippen LogP contribution in [0.4, 0.5) is 8.78 Å². The molecule has 1 saturated heterocycles. The number of aliphatic hydroxyl groups is 1. The number of likely N-dealkylation sites (tertiary alicyclic amines) is 1. The Morgan fingerprint density at radius 2 is 1.67 bits per heavy atom. The smallest absolute Gasteiger partial charge is 0.224 e. The largest absolute Gasteiger partial charge is 0.373 e. The van der Waals surface area contributed by atoms with Gasteiger partial charge in [-0.3, -0.25) is 4.79 Å². The molecule has 3 aromatic rings. The van der Waals surface area contributed by atoms with Gasteiger partial charge in [0, 0.05) is 46.7 Å². The first kappa shape index (κ1) is 17.9. The van der Waals surface area contributed by atoms with Gasteiger partial charge < -0.3 is 14.6 Å². The zero-order chi connectivity index (χ0) is 19.3. The molecule has 0 spiro atoms. The summed E-state index contributed by atoms with van der Waals surface area (Å²) in [4.78, 5) is 13.7. The van der Waals surface area contributed by atoms with Crippen molar-refractivity contribution in [3.8, 4) is 0 Å². The molecular weight excluding hydrogens is 350 g/mol. The van der Waals surface area contributed by atoms with E-state index in [1.807, 2.05) is 18.4 Å². The molecule has 1 aliphatic rings. The number of carbonyl (C=O) groups is 1. The number of halogens is 2. The van der Waals surface area contributed by atoms with Crippen molar-refractivity contribution in [2.24, 2.45) is 5.92 Å². The van der Waals surface area contributed by atoms with Crippen molar-refractivity contribution in [2.45, 2.75) is 45.5 Å². The molecule has 2 heterocycles. The van der Waals surface area contributed by atoms with Crippen LogP contribution in [0.1, 0.15) is 26.7 Å². The fourth-order valence-electron chi connectivity index (χ4n) is 4.16. The van der Waals surface area contributed by atoms with Crippen molar-refractivity contribution >= 4 is 27.7 Å². The summed E-state index contributed by atoms with van der Waals surface area (Å²) in [6.07, 6.45) is 0.304. The first-order chi connectivity index (χ1) is 12.9. The molecule has 2 aromatic carbocycles. The van der Waals surface area contributed by atoms with Crippen LogP contribution in [-0.4, -0.2) is 32.8 Å². The monoisotopic (exact) mass is 372 g/mol. The zero-order valence-electron chi connectivity index (χ0n) is 15.3. The highest BCUT2D eigenvalue weighted by Crippen LogP contribution is 2.32. The number of fused-ring (bicyclic) bond motifs is 3. The molecule has 0 radical (unpaired) electrons. The summed E-state index contributed by atoms with van der Waals surface area (Å²) in [5, 5.41) is 12.0. The van der Waals surface area contributed by atoms with Gasteiger partial charge in [0.2, 0.25) is 5.91 Å². The molecule has 142 valence electrons. The van der Waals surface area contributed by atoms with Crippen molar-refractivity contribution in [2.75, 3.05) is 0 Å². The summed E-state index contributed by atoms with van der Waals surface area (Å²) < 4.78 is 29.5. The number of nitrogens with zero attached hydrogens (tertiary/aromatic N) is 2. The van der Waals surface area contributed by atoms with Crippen LogP contribution < -0.4 is 0 Å². The van der Waals surface area contributed by atoms with Crippen LogP contribution in [0.15, 0.2) is 36.4 Å². The molecule has 27 heavy (non-hydrogen) atoms. The molecule has 1 N–H and O–H groups in total. The van der Waals surface area contributed by atoms with E-state index in [0.717, 1.165) is 17.5 Å². The van der Waals surface area contributed by atoms with E-state index in [-0.39, 0.29) is 29.5 Å². The second-order valence-electron chi connectivity index (χ2n) is 7.51. The minimum atomic E-state index is -0.900. The van der Waals surface area contributed by atoms with E-state index in [2.05, 4.69) is 0 Å². The fourth-order valence-corrected chi connectivity index (χ4v) is 4.16. The van der Waals surface area contributed by atoms with Crippen molar-refractivity contribution in [1.29, 1.82) is 0 Å². The lowest BCUT2D eigenvalue weighted by molar-refractivity contribution is -0.142. The minimum absolute atomic E-state index is 0.0105. The highest BCUT2D eigenvalue weighted by molar-refractivity contribution is 6.08. The molecule has 3 atom stereocenters. The van der Waals surface area contributed by atoms with Gasteiger partial charge >= 0.3 is 0 Å². The average molecular weight is 372 g/mol. The van der Waals surface area contributed by atoms with Gasteiger partial charge in [-0.2, -0.15) is 0 Å². The second kappa shape index (κ2) is 6.60. The summed E-state index contributed by atoms with van der Waals surface area (Å²) in [6.45, 7) is 4.25. The Kier molecular flexibility index (Phi) is 4.38. The van der Waals surface area contributed by atoms with Crippen LogP contribution >= 0.6 is 0 Å². The third-order valence-corrected chi connectivity index (χ3v) is 5.59. The fraction of sp³-hybridized carbons (Fsp3) is 0.381. The van der Waals surface area contributed by atoms with E-state index in [4.69, 9.17) is 0 Å². The van der Waals surface area contributed by atoms with Gasteiger partial charge in [0.05, 0.1) is 0 Å². The topological polar surface area (TPSA) is 45.5 Å². The second-order valence-corrected chi connectivity index (χ2v) is 7.51. The van der Waals surface area contributed by atoms with E-state index < -0.39 is 6.23 Å². The van der Waals surface area contributed by atoms with Gasteiger partial charge in [-0.25, -0.2) is 8.78 Å². The Labute approximate surface area is 156 Å². The average Bonchev–Trinajstić information content (AvgIpc) is 3.11. The normalized spacial score (nSPS) is 20.0. The van der Waals surface area contributed by atoms with Crippen molar-refractivity contribution in [1.82, 2.24) is 9.47 Å². The molecule has 0 aliphatic carbocycles. The summed E-state index contributed by atoms with van der Waals surface area (Å²) in [7, 11) is 0. The molecule has 1 aliphatic heterocycles. The number of aliphatic hydroxyl groups excluding tert-OH is 1. The minimum Gasteiger partial charge on any atom is -0.373 e. The predicted molar refractivity (Wildman–Crippen MR) is 100 cm³/mol. The summed E-state index contributed by atoms with van der Waals surface area (Å²) in [5.41, 5.74) is 1.55. The Balaban J connectivity index is 1.75. The van der Waals surface area contributed by atoms with Crippen LogP contribution in [0.25, 0.3) is 21.8 Å². The predicted octanol–water partition coefficient (Wildman–Crippen LogP) is 4.04. The number of hydrogen-bond acceptors (Lipinski definition) is 2. The molecular formula is C21H22F2N2O2. The molecule has 4 nitrogen and oxygen atoms in total. The number of rotatable bonds is 4. The maximum absolute atomic E-state index is 13.8. The molecule has 6 heteroatoms. The summed E-state index contributed by atoms with van der Waals surface area (Å²) in [6, 6.07) is 8.91. The molecule has 3 unspecified atom stereocenters. The Bertz CT molecular complexity index is 971. The molecule has 4 rings (SSSR count). The number of carbonyl (C=O) groups excluding carboxylic acids is 1. The van der Waals surface area contributed by atoms with Gasteiger partial charge in [0.1, 0.15) is 17.9 Å². The Morgan fingerprint density at radius 3 is 2.15 bits per heavy atom. The van der Waals surface area contributed by atoms with E-state index in [1.165, 1.54) is 24.3 Å². The molecule has 1 fully saturated rings. The van der Waals surface area contributed by atoms with Crippen molar-refractivity contribution in [3.63, 3.8) is 0 Å². The SMILES string of the molecule is CC(Cn1c2ccc(F)cc2c2cc(F)ccc21)C(O)N1C(=O)CCC1C. The number of hydrogen-bond donors (Lipinski definition) is 1. The standard InChI is InChI=1S/C21H22F2N2O2/c1-12(21(27)25-13(2)3-8-20(25)26)11-24-18-6-4-14(22)9-16(18)17-10-15(23)5-7-19(17)24/h4-7,9-10,12-13,21,27H,3,8,11H2,1-2H3. The van der Waals surface area contributed by atoms with Gasteiger partial charge in [-0.05, 0) is 49.7 Å². The Morgan fingerprint density at radius 1 is 1.11 bits per heavy atom. The lowest BCUT2D eigenvalue weighted by Crippen LogP contribution is -2.45.